The Hall–Kier alpha value is -2.55. The van der Waals surface area contributed by atoms with Crippen molar-refractivity contribution in [2.75, 3.05) is 0 Å². The van der Waals surface area contributed by atoms with Crippen LogP contribution < -0.4 is 0 Å². The van der Waals surface area contributed by atoms with E-state index in [-0.39, 0.29) is 0 Å². The van der Waals surface area contributed by atoms with E-state index < -0.39 is 14.2 Å². The van der Waals surface area contributed by atoms with Crippen LogP contribution >= 0.6 is 0 Å². The average molecular weight is 707 g/mol. The Morgan fingerprint density at radius 1 is 0.525 bits per heavy atom. The van der Waals surface area contributed by atoms with Crippen LogP contribution in [0.1, 0.15) is 51.9 Å². The predicted molar refractivity (Wildman–Crippen MR) is 178 cm³/mol. The summed E-state index contributed by atoms with van der Waals surface area (Å²) in [4.78, 5) is 0. The van der Waals surface area contributed by atoms with Gasteiger partial charge in [0.2, 0.25) is 0 Å². The zero-order valence-corrected chi connectivity index (χ0v) is 30.6. The molecule has 2 heteroatoms. The van der Waals surface area contributed by atoms with Crippen molar-refractivity contribution in [3.05, 3.63) is 129 Å². The van der Waals surface area contributed by atoms with Crippen molar-refractivity contribution < 1.29 is 14.2 Å². The van der Waals surface area contributed by atoms with E-state index in [0.29, 0.717) is 7.35 Å². The van der Waals surface area contributed by atoms with E-state index in [1.54, 1.807) is 0 Å². The molecule has 204 valence electrons. The molecule has 0 fully saturated rings. The minimum absolute atomic E-state index is 0.411. The molecule has 0 radical (unpaired) electrons. The van der Waals surface area contributed by atoms with Gasteiger partial charge in [-0.05, 0) is 0 Å². The van der Waals surface area contributed by atoms with Gasteiger partial charge in [0, 0.05) is 0 Å². The number of rotatable bonds is 4. The number of benzene rings is 4. The third-order valence-corrected chi connectivity index (χ3v) is 44.6. The fourth-order valence-electron chi connectivity index (χ4n) is 8.29. The van der Waals surface area contributed by atoms with Gasteiger partial charge in [0.25, 0.3) is 0 Å². The molecule has 2 atom stereocenters. The number of hydrogen-bond donors (Lipinski definition) is 0. The first kappa shape index (κ1) is 27.6. The van der Waals surface area contributed by atoms with E-state index in [1.807, 2.05) is 0 Å². The van der Waals surface area contributed by atoms with Crippen molar-refractivity contribution in [2.45, 2.75) is 53.8 Å². The van der Waals surface area contributed by atoms with Crippen molar-refractivity contribution >= 4 is 19.1 Å². The molecule has 0 N–H and O–H groups in total. The fraction of sp³-hybridized carbons (Fsp3) is 0.263. The van der Waals surface area contributed by atoms with Crippen LogP contribution in [0.2, 0.25) is 18.7 Å². The normalized spacial score (nSPS) is 20.4. The molecule has 40 heavy (non-hydrogen) atoms. The standard InChI is InChI=1S/2C17H15.4CH3.Hf.H2Si/c2*1-12-9-13(2)11-15(10-12)17-8-4-6-14-5-3-7-16(14)17;;;;;;/h2*3-11H,1-2H3;4*1H3;;1H2. The van der Waals surface area contributed by atoms with Crippen molar-refractivity contribution in [3.63, 3.8) is 0 Å². The van der Waals surface area contributed by atoms with Gasteiger partial charge >= 0.3 is 239 Å². The van der Waals surface area contributed by atoms with Crippen LogP contribution in [0.3, 0.4) is 0 Å². The van der Waals surface area contributed by atoms with E-state index >= 15 is 0 Å². The van der Waals surface area contributed by atoms with E-state index in [0.717, 1.165) is 0 Å². The molecule has 2 aliphatic carbocycles. The molecular weight excluding hydrogens is 663 g/mol. The van der Waals surface area contributed by atoms with E-state index in [4.69, 9.17) is 0 Å². The van der Waals surface area contributed by atoms with E-state index in [1.165, 1.54) is 66.8 Å². The number of fused-ring (bicyclic) bond motifs is 2. The Kier molecular flexibility index (Phi) is 5.41. The van der Waals surface area contributed by atoms with Gasteiger partial charge in [-0.3, -0.25) is 0 Å². The maximum atomic E-state index is 2.73. The Balaban J connectivity index is 1.52. The summed E-state index contributed by atoms with van der Waals surface area (Å²) in [5.41, 5.74) is 16.5. The third kappa shape index (κ3) is 4.25. The van der Waals surface area contributed by atoms with Crippen LogP contribution in [0.15, 0.2) is 84.9 Å². The molecule has 0 spiro atoms. The van der Waals surface area contributed by atoms with Crippen LogP contribution in [-0.4, -0.2) is 6.94 Å². The van der Waals surface area contributed by atoms with E-state index in [9.17, 15) is 0 Å². The molecule has 0 heterocycles. The summed E-state index contributed by atoms with van der Waals surface area (Å²) in [6.45, 7) is 11.2. The zero-order chi connectivity index (χ0) is 28.8. The molecular formula is C38H44HfSi. The molecule has 0 amide bonds. The second-order valence-corrected chi connectivity index (χ2v) is 104. The molecule has 0 nitrogen and oxygen atoms in total. The minimum atomic E-state index is -4.74. The summed E-state index contributed by atoms with van der Waals surface area (Å²) in [5, 5.41) is 0. The topological polar surface area (TPSA) is 0 Å². The second kappa shape index (κ2) is 7.84. The summed E-state index contributed by atoms with van der Waals surface area (Å²) in [6, 6.07) is 28.0. The SMILES string of the molecule is Cc1cc(C)cc(-c2cccc3c2C=C[CH]3[Hf]([CH3])([CH3])([CH3])([CH3])(=[SiH2])[CH]2C=Cc3c(-c4cc(C)cc(C)c4)cccc32)c1. The molecule has 2 unspecified atom stereocenters. The third-order valence-electron chi connectivity index (χ3n) is 10.2. The first-order valence-corrected chi connectivity index (χ1v) is 41.7. The van der Waals surface area contributed by atoms with Gasteiger partial charge in [0.05, 0.1) is 0 Å². The van der Waals surface area contributed by atoms with Crippen LogP contribution in [0.25, 0.3) is 34.4 Å². The van der Waals surface area contributed by atoms with Gasteiger partial charge in [-0.15, -0.1) is 0 Å². The first-order valence-electron chi connectivity index (χ1n) is 14.9. The zero-order valence-electron chi connectivity index (χ0n) is 25.6. The van der Waals surface area contributed by atoms with Gasteiger partial charge in [0.15, 0.2) is 0 Å². The van der Waals surface area contributed by atoms with Crippen LogP contribution in [0.4, 0.5) is 0 Å². The van der Waals surface area contributed by atoms with Gasteiger partial charge < -0.3 is 0 Å². The van der Waals surface area contributed by atoms with Gasteiger partial charge in [-0.1, -0.05) is 0 Å². The van der Waals surface area contributed by atoms with Crippen LogP contribution in [0, 0.1) is 27.7 Å². The quantitative estimate of drug-likeness (QED) is 0.185. The molecule has 4 aromatic carbocycles. The Labute approximate surface area is 237 Å². The van der Waals surface area contributed by atoms with Crippen LogP contribution in [-0.2, 0) is 14.2 Å². The molecule has 0 aliphatic heterocycles. The van der Waals surface area contributed by atoms with Crippen LogP contribution in [0.5, 0.6) is 0 Å². The molecule has 0 saturated heterocycles. The Morgan fingerprint density at radius 3 is 1.23 bits per heavy atom. The molecule has 6 rings (SSSR count). The first-order chi connectivity index (χ1) is 18.5. The molecule has 0 saturated carbocycles. The molecule has 2 aliphatic rings. The average Bonchev–Trinajstić information content (AvgIpc) is 3.48. The second-order valence-electron chi connectivity index (χ2n) is 17.3. The number of aryl methyl sites for hydroxylation is 4. The van der Waals surface area contributed by atoms with Crippen molar-refractivity contribution in [1.29, 1.82) is 0 Å². The number of allylic oxidation sites excluding steroid dienone is 2. The Bertz CT molecular complexity index is 1750. The summed E-state index contributed by atoms with van der Waals surface area (Å²) >= 11 is -4.74. The van der Waals surface area contributed by atoms with Crippen molar-refractivity contribution in [1.82, 2.24) is 0 Å². The van der Waals surface area contributed by atoms with Gasteiger partial charge in [0.1, 0.15) is 0 Å². The summed E-state index contributed by atoms with van der Waals surface area (Å²) < 4.78 is 11.7. The number of hydrogen-bond acceptors (Lipinski definition) is 0. The summed E-state index contributed by atoms with van der Waals surface area (Å²) in [5.74, 6) is 0. The molecule has 0 aromatic heterocycles. The van der Waals surface area contributed by atoms with E-state index in [2.05, 4.69) is 150 Å². The predicted octanol–water partition coefficient (Wildman–Crippen LogP) is 10.6. The molecule has 0 bridgehead atoms. The van der Waals surface area contributed by atoms with Crippen molar-refractivity contribution in [3.8, 4) is 22.3 Å². The Morgan fingerprint density at radius 2 is 0.875 bits per heavy atom. The summed E-state index contributed by atoms with van der Waals surface area (Å²) in [7, 11) is 0. The maximum absolute atomic E-state index is 4.74. The monoisotopic (exact) mass is 708 g/mol. The summed E-state index contributed by atoms with van der Waals surface area (Å²) in [6.07, 6.45) is 10.0. The van der Waals surface area contributed by atoms with Crippen molar-refractivity contribution in [2.24, 2.45) is 0 Å². The molecule has 4 aromatic rings. The van der Waals surface area contributed by atoms with Gasteiger partial charge in [-0.2, -0.15) is 0 Å². The van der Waals surface area contributed by atoms with Gasteiger partial charge in [-0.25, -0.2) is 0 Å². The fourth-order valence-corrected chi connectivity index (χ4v) is 37.1.